The maximum atomic E-state index is 13.0. The van der Waals surface area contributed by atoms with Crippen LogP contribution in [0.4, 0.5) is 5.69 Å². The lowest BCUT2D eigenvalue weighted by molar-refractivity contribution is -0.119. The summed E-state index contributed by atoms with van der Waals surface area (Å²) < 4.78 is 59.4. The molecule has 1 aliphatic rings. The maximum absolute atomic E-state index is 13.0. The third kappa shape index (κ3) is 5.21. The molecule has 1 fully saturated rings. The summed E-state index contributed by atoms with van der Waals surface area (Å²) in [4.78, 5) is 14.3. The monoisotopic (exact) mass is 495 g/mol. The standard InChI is InChI=1S/C22H29N3O6S2/c1-15-12-18(25-22(26)16(2)14-32(25,27)28)8-11-21(15)33(29,30)23-13-20(24(3)4)17-6-9-19(31-5)10-7-17/h6-12,16,20,23H,13-14H2,1-5H3. The number of rotatable bonds is 8. The normalized spacial score (nSPS) is 19.2. The van der Waals surface area contributed by atoms with Gasteiger partial charge in [0.1, 0.15) is 5.75 Å². The molecule has 180 valence electrons. The molecule has 33 heavy (non-hydrogen) atoms. The van der Waals surface area contributed by atoms with Crippen LogP contribution in [0.3, 0.4) is 0 Å². The average Bonchev–Trinajstić information content (AvgIpc) is 2.94. The summed E-state index contributed by atoms with van der Waals surface area (Å²) in [5.74, 6) is -0.706. The summed E-state index contributed by atoms with van der Waals surface area (Å²) in [6, 6.07) is 11.3. The van der Waals surface area contributed by atoms with E-state index in [2.05, 4.69) is 4.72 Å². The van der Waals surface area contributed by atoms with Gasteiger partial charge in [0.05, 0.1) is 29.4 Å². The van der Waals surface area contributed by atoms with Crippen molar-refractivity contribution in [1.29, 1.82) is 0 Å². The van der Waals surface area contributed by atoms with Gasteiger partial charge in [-0.3, -0.25) is 4.79 Å². The number of hydrogen-bond donors (Lipinski definition) is 1. The number of carbonyl (C=O) groups excluding carboxylic acids is 1. The summed E-state index contributed by atoms with van der Waals surface area (Å²) in [7, 11) is -2.36. The highest BCUT2D eigenvalue weighted by molar-refractivity contribution is 7.94. The van der Waals surface area contributed by atoms with Gasteiger partial charge in [-0.2, -0.15) is 0 Å². The lowest BCUT2D eigenvalue weighted by Crippen LogP contribution is -2.35. The van der Waals surface area contributed by atoms with E-state index in [0.717, 1.165) is 9.87 Å². The first-order valence-electron chi connectivity index (χ1n) is 10.3. The van der Waals surface area contributed by atoms with Crippen LogP contribution >= 0.6 is 0 Å². The third-order valence-corrected chi connectivity index (χ3v) is 9.09. The molecular weight excluding hydrogens is 466 g/mol. The van der Waals surface area contributed by atoms with Crippen molar-refractivity contribution in [1.82, 2.24) is 9.62 Å². The van der Waals surface area contributed by atoms with E-state index in [0.29, 0.717) is 11.3 Å². The van der Waals surface area contributed by atoms with Crippen molar-refractivity contribution in [2.75, 3.05) is 37.8 Å². The van der Waals surface area contributed by atoms with Crippen molar-refractivity contribution < 1.29 is 26.4 Å². The second-order valence-electron chi connectivity index (χ2n) is 8.34. The average molecular weight is 496 g/mol. The molecule has 2 atom stereocenters. The van der Waals surface area contributed by atoms with Crippen LogP contribution < -0.4 is 13.8 Å². The number of sulfonamides is 2. The van der Waals surface area contributed by atoms with E-state index in [1.807, 2.05) is 43.3 Å². The van der Waals surface area contributed by atoms with E-state index >= 15 is 0 Å². The first-order chi connectivity index (χ1) is 15.4. The topological polar surface area (TPSA) is 113 Å². The largest absolute Gasteiger partial charge is 0.497 e. The molecule has 2 unspecified atom stereocenters. The molecule has 0 radical (unpaired) electrons. The number of amides is 1. The van der Waals surface area contributed by atoms with Crippen molar-refractivity contribution >= 4 is 31.6 Å². The zero-order valence-corrected chi connectivity index (χ0v) is 20.9. The number of hydrogen-bond acceptors (Lipinski definition) is 7. The van der Waals surface area contributed by atoms with Crippen molar-refractivity contribution in [2.45, 2.75) is 24.8 Å². The molecular formula is C22H29N3O6S2. The van der Waals surface area contributed by atoms with Gasteiger partial charge in [0.2, 0.25) is 26.0 Å². The van der Waals surface area contributed by atoms with Crippen molar-refractivity contribution in [3.05, 3.63) is 53.6 Å². The summed E-state index contributed by atoms with van der Waals surface area (Å²) in [6.07, 6.45) is 0. The number of benzene rings is 2. The quantitative estimate of drug-likeness (QED) is 0.595. The van der Waals surface area contributed by atoms with Gasteiger partial charge in [0.25, 0.3) is 0 Å². The summed E-state index contributed by atoms with van der Waals surface area (Å²) in [5, 5.41) is 0. The Morgan fingerprint density at radius 2 is 1.82 bits per heavy atom. The van der Waals surface area contributed by atoms with E-state index < -0.39 is 31.9 Å². The molecule has 9 nitrogen and oxygen atoms in total. The molecule has 0 aromatic heterocycles. The van der Waals surface area contributed by atoms with Gasteiger partial charge in [-0.05, 0) is 62.5 Å². The van der Waals surface area contributed by atoms with E-state index in [1.54, 1.807) is 21.0 Å². The fraction of sp³-hybridized carbons (Fsp3) is 0.409. The molecule has 2 aromatic rings. The predicted octanol–water partition coefficient (Wildman–Crippen LogP) is 1.90. The third-order valence-electron chi connectivity index (χ3n) is 5.63. The Balaban J connectivity index is 1.83. The first kappa shape index (κ1) is 25.2. The number of carbonyl (C=O) groups is 1. The molecule has 11 heteroatoms. The first-order valence-corrected chi connectivity index (χ1v) is 13.4. The van der Waals surface area contributed by atoms with Crippen LogP contribution in [0, 0.1) is 12.8 Å². The number of ether oxygens (including phenoxy) is 1. The molecule has 1 amide bonds. The van der Waals surface area contributed by atoms with Gasteiger partial charge < -0.3 is 9.64 Å². The zero-order chi connectivity index (χ0) is 24.6. The number of aryl methyl sites for hydroxylation is 1. The fourth-order valence-electron chi connectivity index (χ4n) is 3.84. The van der Waals surface area contributed by atoms with Crippen LogP contribution in [0.5, 0.6) is 5.75 Å². The summed E-state index contributed by atoms with van der Waals surface area (Å²) in [6.45, 7) is 3.25. The van der Waals surface area contributed by atoms with Crippen molar-refractivity contribution in [3.63, 3.8) is 0 Å². The molecule has 0 saturated carbocycles. The molecule has 1 N–H and O–H groups in total. The van der Waals surface area contributed by atoms with Crippen LogP contribution in [-0.4, -0.2) is 61.1 Å². The van der Waals surface area contributed by atoms with E-state index in [1.165, 1.54) is 18.2 Å². The molecule has 3 rings (SSSR count). The minimum absolute atomic E-state index is 0.0237. The fourth-order valence-corrected chi connectivity index (χ4v) is 6.91. The molecule has 0 aliphatic carbocycles. The van der Waals surface area contributed by atoms with Gasteiger partial charge in [0, 0.05) is 12.6 Å². The lowest BCUT2D eigenvalue weighted by atomic mass is 10.1. The van der Waals surface area contributed by atoms with Crippen LogP contribution in [0.15, 0.2) is 47.4 Å². The van der Waals surface area contributed by atoms with Gasteiger partial charge in [-0.1, -0.05) is 19.1 Å². The smallest absolute Gasteiger partial charge is 0.244 e. The zero-order valence-electron chi connectivity index (χ0n) is 19.3. The summed E-state index contributed by atoms with van der Waals surface area (Å²) >= 11 is 0. The number of nitrogens with one attached hydrogen (secondary N) is 1. The Labute approximate surface area is 195 Å². The molecule has 0 bridgehead atoms. The van der Waals surface area contributed by atoms with Crippen LogP contribution in [-0.2, 0) is 24.8 Å². The van der Waals surface area contributed by atoms with Crippen molar-refractivity contribution in [2.24, 2.45) is 5.92 Å². The lowest BCUT2D eigenvalue weighted by Gasteiger charge is -2.25. The Bertz CT molecular complexity index is 1240. The van der Waals surface area contributed by atoms with Gasteiger partial charge in [-0.25, -0.2) is 25.9 Å². The molecule has 2 aromatic carbocycles. The number of nitrogens with zero attached hydrogens (tertiary/aromatic N) is 2. The van der Waals surface area contributed by atoms with Crippen LogP contribution in [0.25, 0.3) is 0 Å². The highest BCUT2D eigenvalue weighted by atomic mass is 32.2. The second kappa shape index (κ2) is 9.41. The molecule has 1 heterocycles. The maximum Gasteiger partial charge on any atom is 0.244 e. The SMILES string of the molecule is COc1ccc(C(CNS(=O)(=O)c2ccc(N3C(=O)C(C)CS3(=O)=O)cc2C)N(C)C)cc1. The van der Waals surface area contributed by atoms with E-state index in [4.69, 9.17) is 4.74 Å². The highest BCUT2D eigenvalue weighted by Gasteiger charge is 2.42. The number of anilines is 1. The minimum Gasteiger partial charge on any atom is -0.497 e. The Kier molecular flexibility index (Phi) is 7.18. The second-order valence-corrected chi connectivity index (χ2v) is 11.9. The number of likely N-dealkylation sites (N-methyl/N-ethyl adjacent to an activating group) is 1. The van der Waals surface area contributed by atoms with Crippen LogP contribution in [0.2, 0.25) is 0 Å². The Morgan fingerprint density at radius 1 is 1.18 bits per heavy atom. The molecule has 0 spiro atoms. The molecule has 1 saturated heterocycles. The van der Waals surface area contributed by atoms with E-state index in [-0.39, 0.29) is 28.9 Å². The number of methoxy groups -OCH3 is 1. The van der Waals surface area contributed by atoms with Gasteiger partial charge >= 0.3 is 0 Å². The van der Waals surface area contributed by atoms with E-state index in [9.17, 15) is 21.6 Å². The van der Waals surface area contributed by atoms with Crippen LogP contribution in [0.1, 0.15) is 24.1 Å². The van der Waals surface area contributed by atoms with Crippen molar-refractivity contribution in [3.8, 4) is 5.75 Å². The highest BCUT2D eigenvalue weighted by Crippen LogP contribution is 2.31. The Hall–Kier alpha value is -2.47. The van der Waals surface area contributed by atoms with Gasteiger partial charge in [-0.15, -0.1) is 0 Å². The predicted molar refractivity (Wildman–Crippen MR) is 126 cm³/mol. The Morgan fingerprint density at radius 3 is 2.30 bits per heavy atom. The molecule has 1 aliphatic heterocycles. The summed E-state index contributed by atoms with van der Waals surface area (Å²) in [5.41, 5.74) is 1.40. The van der Waals surface area contributed by atoms with Gasteiger partial charge in [0.15, 0.2) is 0 Å². The minimum atomic E-state index is -3.89.